The number of ether oxygens (including phenoxy) is 1. The molecule has 1 aliphatic carbocycles. The molecule has 158 valence electrons. The summed E-state index contributed by atoms with van der Waals surface area (Å²) in [5.41, 5.74) is 6.48. The summed E-state index contributed by atoms with van der Waals surface area (Å²) in [4.78, 5) is 23.9. The molecule has 4 rings (SSSR count). The van der Waals surface area contributed by atoms with Gasteiger partial charge in [0.1, 0.15) is 6.61 Å². The van der Waals surface area contributed by atoms with Crippen molar-refractivity contribution in [1.82, 2.24) is 5.32 Å². The maximum absolute atomic E-state index is 12.6. The zero-order chi connectivity index (χ0) is 21.8. The summed E-state index contributed by atoms with van der Waals surface area (Å²) >= 11 is 0. The number of nitrogens with one attached hydrogen (secondary N) is 1. The molecule has 0 aromatic heterocycles. The zero-order valence-corrected chi connectivity index (χ0v) is 17.4. The normalized spacial score (nSPS) is 13.2. The van der Waals surface area contributed by atoms with Crippen molar-refractivity contribution in [3.63, 3.8) is 0 Å². The molecule has 1 aliphatic rings. The van der Waals surface area contributed by atoms with Crippen molar-refractivity contribution in [2.45, 2.75) is 31.7 Å². The maximum Gasteiger partial charge on any atom is 0.407 e. The molecule has 0 saturated heterocycles. The number of carboxylic acids is 1. The van der Waals surface area contributed by atoms with Crippen molar-refractivity contribution in [3.8, 4) is 11.1 Å². The van der Waals surface area contributed by atoms with E-state index in [1.54, 1.807) is 0 Å². The van der Waals surface area contributed by atoms with Crippen molar-refractivity contribution in [2.24, 2.45) is 0 Å². The molecule has 2 N–H and O–H groups in total. The Morgan fingerprint density at radius 2 is 1.52 bits per heavy atom. The average Bonchev–Trinajstić information content (AvgIpc) is 3.11. The predicted octanol–water partition coefficient (Wildman–Crippen LogP) is 5.30. The first-order chi connectivity index (χ1) is 15.1. The molecule has 0 bridgehead atoms. The Bertz CT molecular complexity index is 1050. The SMILES string of the molecule is CCc1ccc([C@@H](CC(=O)O)NC(=O)OCC2c3ccccc3-c3ccccc32)cc1. The van der Waals surface area contributed by atoms with E-state index in [9.17, 15) is 14.7 Å². The zero-order valence-electron chi connectivity index (χ0n) is 17.4. The third kappa shape index (κ3) is 4.45. The van der Waals surface area contributed by atoms with Gasteiger partial charge >= 0.3 is 12.1 Å². The molecule has 0 fully saturated rings. The van der Waals surface area contributed by atoms with Crippen LogP contribution in [0.4, 0.5) is 4.79 Å². The van der Waals surface area contributed by atoms with Crippen LogP contribution in [0.1, 0.15) is 47.6 Å². The molecular weight excluding hydrogens is 390 g/mol. The van der Waals surface area contributed by atoms with Gasteiger partial charge in [-0.2, -0.15) is 0 Å². The summed E-state index contributed by atoms with van der Waals surface area (Å²) in [7, 11) is 0. The van der Waals surface area contributed by atoms with Gasteiger partial charge in [0.25, 0.3) is 0 Å². The lowest BCUT2D eigenvalue weighted by atomic mass is 9.98. The monoisotopic (exact) mass is 415 g/mol. The first-order valence-corrected chi connectivity index (χ1v) is 10.5. The van der Waals surface area contributed by atoms with E-state index in [1.165, 1.54) is 0 Å². The molecule has 3 aromatic rings. The first-order valence-electron chi connectivity index (χ1n) is 10.5. The lowest BCUT2D eigenvalue weighted by molar-refractivity contribution is -0.137. The fourth-order valence-electron chi connectivity index (χ4n) is 4.19. The van der Waals surface area contributed by atoms with Crippen LogP contribution in [0.2, 0.25) is 0 Å². The summed E-state index contributed by atoms with van der Waals surface area (Å²) < 4.78 is 5.58. The number of amides is 1. The van der Waals surface area contributed by atoms with Crippen LogP contribution in [-0.2, 0) is 16.0 Å². The number of carbonyl (C=O) groups is 2. The third-order valence-corrected chi connectivity index (χ3v) is 5.80. The maximum atomic E-state index is 12.6. The van der Waals surface area contributed by atoms with E-state index in [-0.39, 0.29) is 18.9 Å². The number of aliphatic carboxylic acids is 1. The summed E-state index contributed by atoms with van der Waals surface area (Å²) in [6.45, 7) is 2.24. The van der Waals surface area contributed by atoms with E-state index in [0.717, 1.165) is 39.8 Å². The number of carbonyl (C=O) groups excluding carboxylic acids is 1. The molecule has 0 radical (unpaired) electrons. The van der Waals surface area contributed by atoms with Gasteiger partial charge in [0.2, 0.25) is 0 Å². The highest BCUT2D eigenvalue weighted by atomic mass is 16.5. The number of hydrogen-bond acceptors (Lipinski definition) is 3. The van der Waals surface area contributed by atoms with Crippen molar-refractivity contribution < 1.29 is 19.4 Å². The standard InChI is InChI=1S/C26H25NO4/c1-2-17-11-13-18(14-12-17)24(15-25(28)29)27-26(30)31-16-23-21-9-5-3-7-19(21)20-8-4-6-10-22(20)23/h3-14,23-24H,2,15-16H2,1H3,(H,27,30)(H,28,29)/t24-/m1/s1. The summed E-state index contributed by atoms with van der Waals surface area (Å²) in [5.74, 6) is -1.02. The van der Waals surface area contributed by atoms with Gasteiger partial charge in [0, 0.05) is 5.92 Å². The highest BCUT2D eigenvalue weighted by Crippen LogP contribution is 2.44. The number of aryl methyl sites for hydroxylation is 1. The average molecular weight is 415 g/mol. The van der Waals surface area contributed by atoms with Crippen molar-refractivity contribution >= 4 is 12.1 Å². The Kier molecular flexibility index (Phi) is 6.03. The molecule has 0 aliphatic heterocycles. The Morgan fingerprint density at radius 1 is 0.935 bits per heavy atom. The molecular formula is C26H25NO4. The number of hydrogen-bond donors (Lipinski definition) is 2. The third-order valence-electron chi connectivity index (χ3n) is 5.80. The Balaban J connectivity index is 1.47. The molecule has 31 heavy (non-hydrogen) atoms. The molecule has 0 spiro atoms. The predicted molar refractivity (Wildman–Crippen MR) is 119 cm³/mol. The molecule has 5 heteroatoms. The van der Waals surface area contributed by atoms with Crippen LogP contribution in [0.3, 0.4) is 0 Å². The highest BCUT2D eigenvalue weighted by Gasteiger charge is 2.29. The van der Waals surface area contributed by atoms with Gasteiger partial charge in [-0.15, -0.1) is 0 Å². The van der Waals surface area contributed by atoms with Crippen LogP contribution in [0, 0.1) is 0 Å². The van der Waals surface area contributed by atoms with E-state index in [1.807, 2.05) is 48.5 Å². The summed E-state index contributed by atoms with van der Waals surface area (Å²) in [6.07, 6.45) is 0.0620. The minimum Gasteiger partial charge on any atom is -0.481 e. The molecule has 5 nitrogen and oxygen atoms in total. The fraction of sp³-hybridized carbons (Fsp3) is 0.231. The van der Waals surface area contributed by atoms with E-state index < -0.39 is 18.1 Å². The van der Waals surface area contributed by atoms with E-state index in [2.05, 4.69) is 36.5 Å². The molecule has 1 atom stereocenters. The quantitative estimate of drug-likeness (QED) is 0.549. The van der Waals surface area contributed by atoms with Crippen LogP contribution < -0.4 is 5.32 Å². The minimum absolute atomic E-state index is 0.0417. The summed E-state index contributed by atoms with van der Waals surface area (Å²) in [5, 5.41) is 12.0. The molecule has 0 unspecified atom stereocenters. The first kappa shape index (κ1) is 20.7. The number of rotatable bonds is 7. The van der Waals surface area contributed by atoms with Crippen LogP contribution >= 0.6 is 0 Å². The van der Waals surface area contributed by atoms with Gasteiger partial charge < -0.3 is 15.2 Å². The van der Waals surface area contributed by atoms with Crippen LogP contribution in [-0.4, -0.2) is 23.8 Å². The topological polar surface area (TPSA) is 75.6 Å². The van der Waals surface area contributed by atoms with Gasteiger partial charge in [-0.25, -0.2) is 4.79 Å². The van der Waals surface area contributed by atoms with Crippen LogP contribution in [0.25, 0.3) is 11.1 Å². The lowest BCUT2D eigenvalue weighted by Gasteiger charge is -2.19. The van der Waals surface area contributed by atoms with E-state index >= 15 is 0 Å². The van der Waals surface area contributed by atoms with Crippen molar-refractivity contribution in [3.05, 3.63) is 95.1 Å². The molecule has 1 amide bonds. The second-order valence-corrected chi connectivity index (χ2v) is 7.72. The number of benzene rings is 3. The number of carboxylic acid groups (broad SMARTS) is 1. The van der Waals surface area contributed by atoms with E-state index in [0.29, 0.717) is 0 Å². The smallest absolute Gasteiger partial charge is 0.407 e. The van der Waals surface area contributed by atoms with E-state index in [4.69, 9.17) is 4.74 Å². The minimum atomic E-state index is -0.983. The van der Waals surface area contributed by atoms with Crippen LogP contribution in [0.15, 0.2) is 72.8 Å². The summed E-state index contributed by atoms with van der Waals surface area (Å²) in [6, 6.07) is 23.2. The second-order valence-electron chi connectivity index (χ2n) is 7.72. The van der Waals surface area contributed by atoms with Crippen LogP contribution in [0.5, 0.6) is 0 Å². The Labute approximate surface area is 181 Å². The molecule has 0 heterocycles. The molecule has 3 aromatic carbocycles. The van der Waals surface area contributed by atoms with Gasteiger partial charge in [-0.1, -0.05) is 79.7 Å². The number of fused-ring (bicyclic) bond motifs is 3. The number of alkyl carbamates (subject to hydrolysis) is 1. The van der Waals surface area contributed by atoms with Crippen molar-refractivity contribution in [1.29, 1.82) is 0 Å². The van der Waals surface area contributed by atoms with Gasteiger partial charge in [-0.05, 0) is 39.8 Å². The lowest BCUT2D eigenvalue weighted by Crippen LogP contribution is -2.31. The highest BCUT2D eigenvalue weighted by molar-refractivity contribution is 5.79. The largest absolute Gasteiger partial charge is 0.481 e. The fourth-order valence-corrected chi connectivity index (χ4v) is 4.19. The van der Waals surface area contributed by atoms with Gasteiger partial charge in [0.15, 0.2) is 0 Å². The Morgan fingerprint density at radius 3 is 2.06 bits per heavy atom. The molecule has 0 saturated carbocycles. The van der Waals surface area contributed by atoms with Gasteiger partial charge in [0.05, 0.1) is 12.5 Å². The Hall–Kier alpha value is -3.60. The van der Waals surface area contributed by atoms with Crippen molar-refractivity contribution in [2.75, 3.05) is 6.61 Å². The van der Waals surface area contributed by atoms with Gasteiger partial charge in [-0.3, -0.25) is 4.79 Å². The second kappa shape index (κ2) is 9.04.